The number of aryl methyl sites for hydroxylation is 1. The van der Waals surface area contributed by atoms with Gasteiger partial charge in [-0.15, -0.1) is 0 Å². The van der Waals surface area contributed by atoms with Crippen molar-refractivity contribution in [3.63, 3.8) is 0 Å². The number of nitrogens with two attached hydrogens (primary N) is 1. The lowest BCUT2D eigenvalue weighted by Gasteiger charge is -2.07. The standard InChI is InChI=1S/C13H16FN3O2S/c1-2-5-12-16-13(20(15,18)19)9-17(12)8-10-6-3-4-7-11(10)14/h3-4,6-7,9H,2,5,8H2,1H3,(H2,15,18,19). The first-order chi connectivity index (χ1) is 9.41. The van der Waals surface area contributed by atoms with Crippen molar-refractivity contribution in [3.8, 4) is 0 Å². The van der Waals surface area contributed by atoms with Crippen molar-refractivity contribution < 1.29 is 12.8 Å². The van der Waals surface area contributed by atoms with E-state index < -0.39 is 10.0 Å². The van der Waals surface area contributed by atoms with Crippen LogP contribution in [0.3, 0.4) is 0 Å². The molecule has 108 valence electrons. The fourth-order valence-electron chi connectivity index (χ4n) is 1.94. The van der Waals surface area contributed by atoms with Gasteiger partial charge in [0.25, 0.3) is 10.0 Å². The number of rotatable bonds is 5. The minimum absolute atomic E-state index is 0.183. The van der Waals surface area contributed by atoms with Crippen LogP contribution in [0.5, 0.6) is 0 Å². The summed E-state index contributed by atoms with van der Waals surface area (Å²) in [6.45, 7) is 2.18. The number of halogens is 1. The van der Waals surface area contributed by atoms with E-state index in [1.807, 2.05) is 6.92 Å². The Hall–Kier alpha value is -1.73. The first-order valence-electron chi connectivity index (χ1n) is 6.24. The molecule has 0 bridgehead atoms. The Morgan fingerprint density at radius 1 is 1.35 bits per heavy atom. The highest BCUT2D eigenvalue weighted by Gasteiger charge is 2.16. The largest absolute Gasteiger partial charge is 0.329 e. The van der Waals surface area contributed by atoms with Crippen LogP contribution in [0.15, 0.2) is 35.5 Å². The van der Waals surface area contributed by atoms with Gasteiger partial charge in [0.1, 0.15) is 11.6 Å². The van der Waals surface area contributed by atoms with E-state index in [0.29, 0.717) is 17.8 Å². The lowest BCUT2D eigenvalue weighted by molar-refractivity contribution is 0.593. The Labute approximate surface area is 117 Å². The SMILES string of the molecule is CCCc1nc(S(N)(=O)=O)cn1Cc1ccccc1F. The summed E-state index contributed by atoms with van der Waals surface area (Å²) in [7, 11) is -3.85. The Bertz CT molecular complexity index is 710. The molecule has 0 spiro atoms. The molecule has 0 aliphatic rings. The van der Waals surface area contributed by atoms with Crippen molar-refractivity contribution in [2.24, 2.45) is 5.14 Å². The number of sulfonamides is 1. The topological polar surface area (TPSA) is 78.0 Å². The summed E-state index contributed by atoms with van der Waals surface area (Å²) in [5, 5.41) is 4.90. The molecule has 0 saturated heterocycles. The molecular formula is C13H16FN3O2S. The van der Waals surface area contributed by atoms with Crippen molar-refractivity contribution in [1.29, 1.82) is 0 Å². The summed E-state index contributed by atoms with van der Waals surface area (Å²) in [5.74, 6) is 0.251. The molecule has 2 rings (SSSR count). The van der Waals surface area contributed by atoms with Crippen molar-refractivity contribution in [2.75, 3.05) is 0 Å². The zero-order valence-electron chi connectivity index (χ0n) is 11.1. The number of hydrogen-bond donors (Lipinski definition) is 1. The predicted molar refractivity (Wildman–Crippen MR) is 73.1 cm³/mol. The average Bonchev–Trinajstić information content (AvgIpc) is 2.76. The molecule has 1 heterocycles. The molecule has 1 aromatic heterocycles. The molecule has 0 unspecified atom stereocenters. The van der Waals surface area contributed by atoms with Crippen LogP contribution in [0.25, 0.3) is 0 Å². The van der Waals surface area contributed by atoms with E-state index in [0.717, 1.165) is 6.42 Å². The van der Waals surface area contributed by atoms with E-state index in [-0.39, 0.29) is 17.4 Å². The highest BCUT2D eigenvalue weighted by molar-refractivity contribution is 7.89. The van der Waals surface area contributed by atoms with Crippen LogP contribution in [0.4, 0.5) is 4.39 Å². The number of aromatic nitrogens is 2. The zero-order valence-corrected chi connectivity index (χ0v) is 11.9. The summed E-state index contributed by atoms with van der Waals surface area (Å²) in [4.78, 5) is 4.02. The Morgan fingerprint density at radius 2 is 2.05 bits per heavy atom. The normalized spacial score (nSPS) is 11.8. The van der Waals surface area contributed by atoms with E-state index in [2.05, 4.69) is 4.98 Å². The van der Waals surface area contributed by atoms with Gasteiger partial charge in [-0.3, -0.25) is 0 Å². The van der Waals surface area contributed by atoms with Crippen molar-refractivity contribution >= 4 is 10.0 Å². The first kappa shape index (κ1) is 14.7. The number of nitrogens with zero attached hydrogens (tertiary/aromatic N) is 2. The van der Waals surface area contributed by atoms with Gasteiger partial charge in [-0.1, -0.05) is 25.1 Å². The smallest absolute Gasteiger partial charge is 0.257 e. The molecule has 0 radical (unpaired) electrons. The molecular weight excluding hydrogens is 281 g/mol. The van der Waals surface area contributed by atoms with Crippen LogP contribution in [0.1, 0.15) is 24.7 Å². The number of hydrogen-bond acceptors (Lipinski definition) is 3. The van der Waals surface area contributed by atoms with Gasteiger partial charge >= 0.3 is 0 Å². The van der Waals surface area contributed by atoms with Gasteiger partial charge in [-0.25, -0.2) is 22.9 Å². The molecule has 0 aliphatic carbocycles. The van der Waals surface area contributed by atoms with Gasteiger partial charge in [0.05, 0.1) is 6.54 Å². The number of benzene rings is 1. The summed E-state index contributed by atoms with van der Waals surface area (Å²) in [5.41, 5.74) is 0.475. The van der Waals surface area contributed by atoms with Crippen molar-refractivity contribution in [2.45, 2.75) is 31.3 Å². The summed E-state index contributed by atoms with van der Waals surface area (Å²) < 4.78 is 38.0. The van der Waals surface area contributed by atoms with Crippen molar-refractivity contribution in [3.05, 3.63) is 47.7 Å². The molecule has 0 aliphatic heterocycles. The van der Waals surface area contributed by atoms with Gasteiger partial charge in [0.2, 0.25) is 0 Å². The molecule has 2 aromatic rings. The van der Waals surface area contributed by atoms with Crippen LogP contribution in [0.2, 0.25) is 0 Å². The molecule has 20 heavy (non-hydrogen) atoms. The van der Waals surface area contributed by atoms with Crippen molar-refractivity contribution in [1.82, 2.24) is 9.55 Å². The van der Waals surface area contributed by atoms with Crippen LogP contribution in [-0.2, 0) is 23.0 Å². The van der Waals surface area contributed by atoms with Crippen LogP contribution in [-0.4, -0.2) is 18.0 Å². The maximum atomic E-state index is 13.7. The third kappa shape index (κ3) is 3.23. The Kier molecular flexibility index (Phi) is 4.20. The Morgan fingerprint density at radius 3 is 2.65 bits per heavy atom. The van der Waals surface area contributed by atoms with Gasteiger partial charge in [0.15, 0.2) is 5.03 Å². The monoisotopic (exact) mass is 297 g/mol. The lowest BCUT2D eigenvalue weighted by atomic mass is 10.2. The Balaban J connectivity index is 2.40. The quantitative estimate of drug-likeness (QED) is 0.912. The van der Waals surface area contributed by atoms with E-state index >= 15 is 0 Å². The van der Waals surface area contributed by atoms with Gasteiger partial charge < -0.3 is 4.57 Å². The molecule has 7 heteroatoms. The zero-order chi connectivity index (χ0) is 14.8. The lowest BCUT2D eigenvalue weighted by Crippen LogP contribution is -2.12. The molecule has 2 N–H and O–H groups in total. The third-order valence-electron chi connectivity index (χ3n) is 2.90. The van der Waals surface area contributed by atoms with Crippen LogP contribution < -0.4 is 5.14 Å². The molecule has 5 nitrogen and oxygen atoms in total. The summed E-state index contributed by atoms with van der Waals surface area (Å²) >= 11 is 0. The minimum Gasteiger partial charge on any atom is -0.329 e. The molecule has 0 fully saturated rings. The fourth-order valence-corrected chi connectivity index (χ4v) is 2.44. The predicted octanol–water partition coefficient (Wildman–Crippen LogP) is 1.67. The van der Waals surface area contributed by atoms with E-state index in [9.17, 15) is 12.8 Å². The first-order valence-corrected chi connectivity index (χ1v) is 7.78. The fraction of sp³-hybridized carbons (Fsp3) is 0.308. The average molecular weight is 297 g/mol. The highest BCUT2D eigenvalue weighted by Crippen LogP contribution is 2.14. The van der Waals surface area contributed by atoms with Gasteiger partial charge in [-0.2, -0.15) is 0 Å². The highest BCUT2D eigenvalue weighted by atomic mass is 32.2. The van der Waals surface area contributed by atoms with Gasteiger partial charge in [0, 0.05) is 18.2 Å². The number of imidazole rings is 1. The second-order valence-corrected chi connectivity index (χ2v) is 6.02. The molecule has 0 amide bonds. The second-order valence-electron chi connectivity index (χ2n) is 4.51. The van der Waals surface area contributed by atoms with Crippen LogP contribution in [0, 0.1) is 5.82 Å². The van der Waals surface area contributed by atoms with Gasteiger partial charge in [-0.05, 0) is 12.5 Å². The molecule has 1 aromatic carbocycles. The second kappa shape index (κ2) is 5.72. The minimum atomic E-state index is -3.85. The third-order valence-corrected chi connectivity index (χ3v) is 3.68. The van der Waals surface area contributed by atoms with E-state index in [4.69, 9.17) is 5.14 Å². The molecule has 0 atom stereocenters. The van der Waals surface area contributed by atoms with E-state index in [1.165, 1.54) is 12.3 Å². The maximum Gasteiger partial charge on any atom is 0.257 e. The maximum absolute atomic E-state index is 13.7. The number of primary sulfonamides is 1. The van der Waals surface area contributed by atoms with E-state index in [1.54, 1.807) is 22.8 Å². The summed E-state index contributed by atoms with van der Waals surface area (Å²) in [6, 6.07) is 6.36. The molecule has 0 saturated carbocycles. The van der Waals surface area contributed by atoms with Crippen LogP contribution >= 0.6 is 0 Å². The summed E-state index contributed by atoms with van der Waals surface area (Å²) in [6.07, 6.45) is 2.76.